The van der Waals surface area contributed by atoms with Crippen LogP contribution in [0.3, 0.4) is 0 Å². The molecule has 0 aromatic carbocycles. The molecule has 1 rings (SSSR count). The summed E-state index contributed by atoms with van der Waals surface area (Å²) >= 11 is 0. The number of hydrogen-bond donors (Lipinski definition) is 2. The normalized spacial score (nSPS) is 22.6. The Morgan fingerprint density at radius 1 is 1.28 bits per heavy atom. The highest BCUT2D eigenvalue weighted by Gasteiger charge is 2.54. The summed E-state index contributed by atoms with van der Waals surface area (Å²) in [6.07, 6.45) is 3.32. The minimum atomic E-state index is -1.88. The van der Waals surface area contributed by atoms with Crippen molar-refractivity contribution < 1.29 is 15.0 Å². The third-order valence-corrected chi connectivity index (χ3v) is 4.42. The van der Waals surface area contributed by atoms with Crippen LogP contribution in [0.2, 0.25) is 0 Å². The summed E-state index contributed by atoms with van der Waals surface area (Å²) < 4.78 is 0. The molecule has 0 saturated heterocycles. The molecule has 0 amide bonds. The van der Waals surface area contributed by atoms with Gasteiger partial charge in [-0.2, -0.15) is 0 Å². The second-order valence-corrected chi connectivity index (χ2v) is 7.23. The third kappa shape index (κ3) is 5.18. The summed E-state index contributed by atoms with van der Waals surface area (Å²) in [5, 5.41) is 21.7. The van der Waals surface area contributed by atoms with Crippen LogP contribution in [0.5, 0.6) is 0 Å². The predicted octanol–water partition coefficient (Wildman–Crippen LogP) is 5.68. The molecule has 0 aromatic heterocycles. The fourth-order valence-corrected chi connectivity index (χ4v) is 3.07. The Morgan fingerprint density at radius 3 is 2.20 bits per heavy atom. The van der Waals surface area contributed by atoms with Crippen molar-refractivity contribution in [3.63, 3.8) is 0 Å². The highest BCUT2D eigenvalue weighted by molar-refractivity contribution is 5.94. The largest absolute Gasteiger partial charge is 0.508 e. The molecular formula is C22H36O3. The standard InChI is InChI=1S/C20H30O3.C2H6/c1-12(2)8-10-16-15(7)18(14(5)6)19(22)20(16,23)17(21)11-9-13(3)4;1-2/h9,12,16,22-23H,5,7-8,10-11H2,1-4,6H3;1-2H3. The number of rotatable bonds is 7. The monoisotopic (exact) mass is 348 g/mol. The van der Waals surface area contributed by atoms with Gasteiger partial charge in [0.15, 0.2) is 11.4 Å². The molecule has 0 heterocycles. The van der Waals surface area contributed by atoms with Crippen LogP contribution in [0.15, 0.2) is 47.3 Å². The number of carbonyl (C=O) groups is 1. The zero-order chi connectivity index (χ0) is 19.9. The molecule has 1 aliphatic rings. The van der Waals surface area contributed by atoms with Gasteiger partial charge in [0.1, 0.15) is 5.76 Å². The second kappa shape index (κ2) is 9.76. The summed E-state index contributed by atoms with van der Waals surface area (Å²) in [6, 6.07) is 0. The molecule has 0 fully saturated rings. The number of hydrogen-bond acceptors (Lipinski definition) is 3. The molecule has 142 valence electrons. The molecule has 0 bridgehead atoms. The lowest BCUT2D eigenvalue weighted by molar-refractivity contribution is -0.139. The summed E-state index contributed by atoms with van der Waals surface area (Å²) in [5.41, 5.74) is 0.802. The molecule has 3 heteroatoms. The van der Waals surface area contributed by atoms with Gasteiger partial charge in [-0.15, -0.1) is 0 Å². The van der Waals surface area contributed by atoms with Crippen molar-refractivity contribution in [2.75, 3.05) is 0 Å². The van der Waals surface area contributed by atoms with Crippen molar-refractivity contribution in [3.8, 4) is 0 Å². The summed E-state index contributed by atoms with van der Waals surface area (Å²) in [6.45, 7) is 21.6. The van der Waals surface area contributed by atoms with Gasteiger partial charge in [-0.05, 0) is 44.3 Å². The highest BCUT2D eigenvalue weighted by atomic mass is 16.3. The van der Waals surface area contributed by atoms with Crippen molar-refractivity contribution in [3.05, 3.63) is 47.3 Å². The first-order valence-electron chi connectivity index (χ1n) is 9.21. The van der Waals surface area contributed by atoms with Gasteiger partial charge in [0.2, 0.25) is 0 Å². The van der Waals surface area contributed by atoms with Gasteiger partial charge in [0, 0.05) is 17.9 Å². The zero-order valence-corrected chi connectivity index (χ0v) is 17.1. The average molecular weight is 349 g/mol. The maximum absolute atomic E-state index is 12.7. The van der Waals surface area contributed by atoms with E-state index in [0.717, 1.165) is 12.0 Å². The average Bonchev–Trinajstić information content (AvgIpc) is 2.72. The fourth-order valence-electron chi connectivity index (χ4n) is 3.07. The zero-order valence-electron chi connectivity index (χ0n) is 17.1. The summed E-state index contributed by atoms with van der Waals surface area (Å²) in [5.74, 6) is -0.719. The van der Waals surface area contributed by atoms with E-state index in [1.165, 1.54) is 0 Å². The predicted molar refractivity (Wildman–Crippen MR) is 107 cm³/mol. The maximum Gasteiger partial charge on any atom is 0.187 e. The van der Waals surface area contributed by atoms with E-state index < -0.39 is 11.5 Å². The van der Waals surface area contributed by atoms with Crippen molar-refractivity contribution in [1.82, 2.24) is 0 Å². The van der Waals surface area contributed by atoms with Crippen LogP contribution < -0.4 is 0 Å². The van der Waals surface area contributed by atoms with Gasteiger partial charge in [0.05, 0.1) is 0 Å². The molecule has 25 heavy (non-hydrogen) atoms. The van der Waals surface area contributed by atoms with Gasteiger partial charge in [-0.1, -0.05) is 58.9 Å². The summed E-state index contributed by atoms with van der Waals surface area (Å²) in [7, 11) is 0. The van der Waals surface area contributed by atoms with E-state index in [4.69, 9.17) is 0 Å². The quantitative estimate of drug-likeness (QED) is 0.582. The van der Waals surface area contributed by atoms with Gasteiger partial charge in [-0.25, -0.2) is 0 Å². The van der Waals surface area contributed by atoms with Crippen LogP contribution in [0.1, 0.15) is 67.7 Å². The highest BCUT2D eigenvalue weighted by Crippen LogP contribution is 2.48. The molecule has 0 aromatic rings. The smallest absolute Gasteiger partial charge is 0.187 e. The molecule has 2 unspecified atom stereocenters. The Kier molecular flexibility index (Phi) is 9.14. The Morgan fingerprint density at radius 2 is 1.80 bits per heavy atom. The van der Waals surface area contributed by atoms with Crippen LogP contribution in [0.25, 0.3) is 0 Å². The minimum Gasteiger partial charge on any atom is -0.508 e. The van der Waals surface area contributed by atoms with E-state index >= 15 is 0 Å². The minimum absolute atomic E-state index is 0.0951. The Hall–Kier alpha value is -1.61. The van der Waals surface area contributed by atoms with Gasteiger partial charge >= 0.3 is 0 Å². The molecule has 0 radical (unpaired) electrons. The lowest BCUT2D eigenvalue weighted by Crippen LogP contribution is -2.45. The van der Waals surface area contributed by atoms with Crippen molar-refractivity contribution >= 4 is 5.78 Å². The van der Waals surface area contributed by atoms with E-state index in [1.807, 2.05) is 27.7 Å². The molecule has 2 atom stereocenters. The molecule has 0 saturated carbocycles. The third-order valence-electron chi connectivity index (χ3n) is 4.42. The van der Waals surface area contributed by atoms with Crippen LogP contribution in [0.4, 0.5) is 0 Å². The second-order valence-electron chi connectivity index (χ2n) is 7.23. The number of aliphatic hydroxyl groups is 2. The van der Waals surface area contributed by atoms with Crippen LogP contribution in [-0.2, 0) is 4.79 Å². The Balaban J connectivity index is 0.00000277. The lowest BCUT2D eigenvalue weighted by atomic mass is 9.78. The molecule has 3 nitrogen and oxygen atoms in total. The van der Waals surface area contributed by atoms with Gasteiger partial charge < -0.3 is 10.2 Å². The lowest BCUT2D eigenvalue weighted by Gasteiger charge is -2.30. The molecular weight excluding hydrogens is 312 g/mol. The summed E-state index contributed by atoms with van der Waals surface area (Å²) in [4.78, 5) is 12.7. The van der Waals surface area contributed by atoms with E-state index in [-0.39, 0.29) is 18.0 Å². The number of ketones is 1. The Labute approximate surface area is 153 Å². The fraction of sp³-hybridized carbons (Fsp3) is 0.591. The molecule has 0 spiro atoms. The number of carbonyl (C=O) groups excluding carboxylic acids is 1. The molecule has 1 aliphatic carbocycles. The first-order valence-corrected chi connectivity index (χ1v) is 9.21. The van der Waals surface area contributed by atoms with Crippen molar-refractivity contribution in [2.45, 2.75) is 73.3 Å². The van der Waals surface area contributed by atoms with E-state index in [9.17, 15) is 15.0 Å². The van der Waals surface area contributed by atoms with E-state index in [1.54, 1.807) is 13.0 Å². The molecule has 0 aliphatic heterocycles. The first kappa shape index (κ1) is 23.4. The van der Waals surface area contributed by atoms with Crippen LogP contribution >= 0.6 is 0 Å². The Bertz CT molecular complexity index is 574. The van der Waals surface area contributed by atoms with E-state index in [0.29, 0.717) is 29.1 Å². The maximum atomic E-state index is 12.7. The van der Waals surface area contributed by atoms with Crippen LogP contribution in [0, 0.1) is 11.8 Å². The topological polar surface area (TPSA) is 57.5 Å². The van der Waals surface area contributed by atoms with Crippen molar-refractivity contribution in [1.29, 1.82) is 0 Å². The van der Waals surface area contributed by atoms with Crippen molar-refractivity contribution in [2.24, 2.45) is 11.8 Å². The first-order chi connectivity index (χ1) is 11.5. The van der Waals surface area contributed by atoms with Crippen LogP contribution in [-0.4, -0.2) is 21.6 Å². The number of allylic oxidation sites excluding steroid dienone is 4. The number of aliphatic hydroxyl groups excluding tert-OH is 1. The van der Waals surface area contributed by atoms with E-state index in [2.05, 4.69) is 27.0 Å². The van der Waals surface area contributed by atoms with Gasteiger partial charge in [0.25, 0.3) is 0 Å². The van der Waals surface area contributed by atoms with Gasteiger partial charge in [-0.3, -0.25) is 4.79 Å². The number of Topliss-reactive ketones (excluding diaryl/α,β-unsaturated/α-hetero) is 1. The SMILES string of the molecule is C=C(C)C1=C(O)C(O)(C(=O)CC=C(C)C)C(CCC(C)C)C1=C.CC. The molecule has 2 N–H and O–H groups in total.